The normalized spacial score (nSPS) is 17.4. The Labute approximate surface area is 119 Å². The quantitative estimate of drug-likeness (QED) is 0.877. The van der Waals surface area contributed by atoms with Crippen molar-refractivity contribution in [3.05, 3.63) is 54.2 Å². The molecule has 2 aromatic rings. The first-order valence-electron chi connectivity index (χ1n) is 7.31. The summed E-state index contributed by atoms with van der Waals surface area (Å²) < 4.78 is 5.61. The second-order valence-corrected chi connectivity index (χ2v) is 5.23. The molecule has 106 valence electrons. The van der Waals surface area contributed by atoms with E-state index in [1.54, 1.807) is 6.26 Å². The average molecular weight is 271 g/mol. The molecule has 3 heterocycles. The minimum absolute atomic E-state index is 0.330. The summed E-state index contributed by atoms with van der Waals surface area (Å²) in [6.07, 6.45) is 6.17. The molecular formula is C16H21N3O. The van der Waals surface area contributed by atoms with Crippen LogP contribution in [0.2, 0.25) is 0 Å². The molecule has 1 unspecified atom stereocenters. The summed E-state index contributed by atoms with van der Waals surface area (Å²) in [6, 6.07) is 10.4. The number of rotatable bonds is 6. The Hall–Kier alpha value is -1.65. The third-order valence-corrected chi connectivity index (χ3v) is 3.82. The number of aromatic nitrogens is 1. The Kier molecular flexibility index (Phi) is 4.46. The van der Waals surface area contributed by atoms with Crippen LogP contribution in [0, 0.1) is 0 Å². The van der Waals surface area contributed by atoms with Gasteiger partial charge in [0.05, 0.1) is 18.0 Å². The van der Waals surface area contributed by atoms with E-state index in [1.807, 2.05) is 30.5 Å². The summed E-state index contributed by atoms with van der Waals surface area (Å²) >= 11 is 0. The summed E-state index contributed by atoms with van der Waals surface area (Å²) in [6.45, 7) is 4.02. The highest BCUT2D eigenvalue weighted by Crippen LogP contribution is 2.24. The van der Waals surface area contributed by atoms with E-state index < -0.39 is 0 Å². The molecule has 0 aliphatic carbocycles. The molecule has 0 spiro atoms. The number of nitrogens with one attached hydrogen (secondary N) is 1. The molecule has 1 N–H and O–H groups in total. The first kappa shape index (κ1) is 13.3. The molecule has 0 bridgehead atoms. The molecule has 4 heteroatoms. The topological polar surface area (TPSA) is 41.3 Å². The second-order valence-electron chi connectivity index (χ2n) is 5.23. The number of nitrogens with zero attached hydrogens (tertiary/aromatic N) is 2. The number of pyridine rings is 1. The smallest absolute Gasteiger partial charge is 0.122 e. The van der Waals surface area contributed by atoms with Crippen LogP contribution in [-0.2, 0) is 6.54 Å². The fourth-order valence-electron chi connectivity index (χ4n) is 2.78. The third-order valence-electron chi connectivity index (χ3n) is 3.82. The maximum Gasteiger partial charge on any atom is 0.122 e. The molecule has 0 radical (unpaired) electrons. The van der Waals surface area contributed by atoms with Gasteiger partial charge in [0.2, 0.25) is 0 Å². The average Bonchev–Trinajstić information content (AvgIpc) is 3.18. The Balaban J connectivity index is 1.59. The van der Waals surface area contributed by atoms with Crippen molar-refractivity contribution in [2.45, 2.75) is 25.4 Å². The van der Waals surface area contributed by atoms with Crippen LogP contribution in [0.5, 0.6) is 0 Å². The minimum Gasteiger partial charge on any atom is -0.468 e. The lowest BCUT2D eigenvalue weighted by molar-refractivity contribution is 0.209. The van der Waals surface area contributed by atoms with Crippen molar-refractivity contribution in [1.29, 1.82) is 0 Å². The van der Waals surface area contributed by atoms with Crippen molar-refractivity contribution < 1.29 is 4.42 Å². The molecule has 0 amide bonds. The number of hydrogen-bond donors (Lipinski definition) is 1. The molecule has 0 saturated carbocycles. The second kappa shape index (κ2) is 6.68. The van der Waals surface area contributed by atoms with Gasteiger partial charge in [-0.25, -0.2) is 0 Å². The lowest BCUT2D eigenvalue weighted by Crippen LogP contribution is -2.33. The maximum atomic E-state index is 5.61. The standard InChI is InChI=1S/C16H21N3O/c1-2-8-18-14(6-1)12-17-13-15(16-7-5-11-20-16)19-9-3-4-10-19/h1-2,5-8,11,15,17H,3-4,9-10,12-13H2. The lowest BCUT2D eigenvalue weighted by atomic mass is 10.2. The number of likely N-dealkylation sites (tertiary alicyclic amines) is 1. The monoisotopic (exact) mass is 271 g/mol. The van der Waals surface area contributed by atoms with Gasteiger partial charge in [-0.15, -0.1) is 0 Å². The summed E-state index contributed by atoms with van der Waals surface area (Å²) in [5, 5.41) is 3.50. The van der Waals surface area contributed by atoms with Crippen LogP contribution in [0.3, 0.4) is 0 Å². The molecule has 1 fully saturated rings. The molecule has 2 aromatic heterocycles. The van der Waals surface area contributed by atoms with Gasteiger partial charge in [-0.1, -0.05) is 6.07 Å². The molecule has 1 atom stereocenters. The van der Waals surface area contributed by atoms with Gasteiger partial charge >= 0.3 is 0 Å². The van der Waals surface area contributed by atoms with Crippen LogP contribution >= 0.6 is 0 Å². The van der Waals surface area contributed by atoms with Gasteiger partial charge < -0.3 is 9.73 Å². The predicted molar refractivity (Wildman–Crippen MR) is 78.2 cm³/mol. The molecule has 0 aromatic carbocycles. The van der Waals surface area contributed by atoms with E-state index in [-0.39, 0.29) is 0 Å². The molecule has 20 heavy (non-hydrogen) atoms. The van der Waals surface area contributed by atoms with E-state index in [9.17, 15) is 0 Å². The summed E-state index contributed by atoms with van der Waals surface area (Å²) in [5.74, 6) is 1.06. The zero-order valence-corrected chi connectivity index (χ0v) is 11.7. The minimum atomic E-state index is 0.330. The van der Waals surface area contributed by atoms with Gasteiger partial charge in [-0.2, -0.15) is 0 Å². The van der Waals surface area contributed by atoms with Gasteiger partial charge in [0.1, 0.15) is 5.76 Å². The van der Waals surface area contributed by atoms with Crippen molar-refractivity contribution >= 4 is 0 Å². The largest absolute Gasteiger partial charge is 0.468 e. The number of hydrogen-bond acceptors (Lipinski definition) is 4. The predicted octanol–water partition coefficient (Wildman–Crippen LogP) is 2.60. The van der Waals surface area contributed by atoms with Crippen LogP contribution in [0.1, 0.15) is 30.3 Å². The Morgan fingerprint density at radius 2 is 2.10 bits per heavy atom. The van der Waals surface area contributed by atoms with Crippen LogP contribution < -0.4 is 5.32 Å². The first-order chi connectivity index (χ1) is 9.93. The van der Waals surface area contributed by atoms with E-state index in [4.69, 9.17) is 4.42 Å². The molecular weight excluding hydrogens is 250 g/mol. The summed E-state index contributed by atoms with van der Waals surface area (Å²) in [5.41, 5.74) is 1.08. The van der Waals surface area contributed by atoms with Crippen molar-refractivity contribution in [1.82, 2.24) is 15.2 Å². The maximum absolute atomic E-state index is 5.61. The van der Waals surface area contributed by atoms with Gasteiger partial charge in [-0.3, -0.25) is 9.88 Å². The van der Waals surface area contributed by atoms with E-state index in [2.05, 4.69) is 21.3 Å². The highest BCUT2D eigenvalue weighted by Gasteiger charge is 2.24. The SMILES string of the molecule is c1ccc(CNCC(c2ccco2)N2CCCC2)nc1. The van der Waals surface area contributed by atoms with E-state index in [1.165, 1.54) is 12.8 Å². The van der Waals surface area contributed by atoms with Gasteiger partial charge in [-0.05, 0) is 50.2 Å². The fraction of sp³-hybridized carbons (Fsp3) is 0.438. The van der Waals surface area contributed by atoms with Crippen molar-refractivity contribution in [2.75, 3.05) is 19.6 Å². The fourth-order valence-corrected chi connectivity index (χ4v) is 2.78. The number of furan rings is 1. The van der Waals surface area contributed by atoms with Crippen LogP contribution in [-0.4, -0.2) is 29.5 Å². The van der Waals surface area contributed by atoms with Gasteiger partial charge in [0.25, 0.3) is 0 Å². The zero-order chi connectivity index (χ0) is 13.6. The summed E-state index contributed by atoms with van der Waals surface area (Å²) in [7, 11) is 0. The van der Waals surface area contributed by atoms with Crippen molar-refractivity contribution in [2.24, 2.45) is 0 Å². The highest BCUT2D eigenvalue weighted by molar-refractivity contribution is 5.07. The van der Waals surface area contributed by atoms with Gasteiger partial charge in [0, 0.05) is 19.3 Å². The van der Waals surface area contributed by atoms with Crippen LogP contribution in [0.25, 0.3) is 0 Å². The Bertz CT molecular complexity index is 492. The van der Waals surface area contributed by atoms with Crippen molar-refractivity contribution in [3.8, 4) is 0 Å². The van der Waals surface area contributed by atoms with Gasteiger partial charge in [0.15, 0.2) is 0 Å². The first-order valence-corrected chi connectivity index (χ1v) is 7.31. The van der Waals surface area contributed by atoms with E-state index in [0.717, 1.165) is 37.6 Å². The Morgan fingerprint density at radius 3 is 2.80 bits per heavy atom. The highest BCUT2D eigenvalue weighted by atomic mass is 16.3. The molecule has 1 saturated heterocycles. The third kappa shape index (κ3) is 3.26. The lowest BCUT2D eigenvalue weighted by Gasteiger charge is -2.26. The van der Waals surface area contributed by atoms with E-state index in [0.29, 0.717) is 6.04 Å². The van der Waals surface area contributed by atoms with Crippen LogP contribution in [0.4, 0.5) is 0 Å². The van der Waals surface area contributed by atoms with Crippen LogP contribution in [0.15, 0.2) is 47.2 Å². The Morgan fingerprint density at radius 1 is 1.20 bits per heavy atom. The molecule has 1 aliphatic heterocycles. The molecule has 1 aliphatic rings. The van der Waals surface area contributed by atoms with Crippen molar-refractivity contribution in [3.63, 3.8) is 0 Å². The zero-order valence-electron chi connectivity index (χ0n) is 11.7. The molecule has 3 rings (SSSR count). The molecule has 4 nitrogen and oxygen atoms in total. The summed E-state index contributed by atoms with van der Waals surface area (Å²) in [4.78, 5) is 6.84. The van der Waals surface area contributed by atoms with E-state index >= 15 is 0 Å².